The monoisotopic (exact) mass is 230 g/mol. The quantitative estimate of drug-likeness (QED) is 0.877. The molecular weight excluding hydrogens is 216 g/mol. The molecule has 2 aromatic rings. The Balaban J connectivity index is 1.97. The third kappa shape index (κ3) is 1.79. The zero-order valence-corrected chi connectivity index (χ0v) is 9.52. The Kier molecular flexibility index (Phi) is 2.35. The average Bonchev–Trinajstić information content (AvgIpc) is 2.86. The first-order chi connectivity index (χ1) is 8.24. The van der Waals surface area contributed by atoms with Gasteiger partial charge in [-0.25, -0.2) is 4.98 Å². The molecule has 17 heavy (non-hydrogen) atoms. The maximum absolute atomic E-state index is 10.6. The van der Waals surface area contributed by atoms with Crippen LogP contribution in [-0.2, 0) is 24.2 Å². The molecule has 88 valence electrons. The molecule has 0 saturated carbocycles. The summed E-state index contributed by atoms with van der Waals surface area (Å²) < 4.78 is 2.25. The third-order valence-electron chi connectivity index (χ3n) is 3.30. The van der Waals surface area contributed by atoms with Crippen molar-refractivity contribution in [3.05, 3.63) is 29.6 Å². The van der Waals surface area contributed by atoms with Crippen molar-refractivity contribution in [2.75, 3.05) is 0 Å². The highest BCUT2D eigenvalue weighted by atomic mass is 16.4. The minimum atomic E-state index is -0.747. The summed E-state index contributed by atoms with van der Waals surface area (Å²) in [6.45, 7) is 1.04. The van der Waals surface area contributed by atoms with Crippen molar-refractivity contribution in [1.82, 2.24) is 9.55 Å². The Morgan fingerprint density at radius 1 is 1.47 bits per heavy atom. The van der Waals surface area contributed by atoms with Crippen LogP contribution in [0.3, 0.4) is 0 Å². The van der Waals surface area contributed by atoms with Gasteiger partial charge in [-0.2, -0.15) is 0 Å². The van der Waals surface area contributed by atoms with E-state index in [0.717, 1.165) is 41.8 Å². The number of benzene rings is 1. The minimum Gasteiger partial charge on any atom is -0.481 e. The predicted molar refractivity (Wildman–Crippen MR) is 64.0 cm³/mol. The molecule has 1 aliphatic rings. The highest BCUT2D eigenvalue weighted by molar-refractivity contribution is 5.77. The largest absolute Gasteiger partial charge is 0.481 e. The van der Waals surface area contributed by atoms with Gasteiger partial charge < -0.3 is 9.67 Å². The number of aryl methyl sites for hydroxylation is 3. The van der Waals surface area contributed by atoms with E-state index in [0.29, 0.717) is 6.42 Å². The van der Waals surface area contributed by atoms with E-state index >= 15 is 0 Å². The number of nitrogens with zero attached hydrogens (tertiary/aromatic N) is 2. The van der Waals surface area contributed by atoms with Gasteiger partial charge in [0.15, 0.2) is 0 Å². The molecule has 4 heteroatoms. The molecule has 0 unspecified atom stereocenters. The van der Waals surface area contributed by atoms with Gasteiger partial charge in [0.05, 0.1) is 11.0 Å². The first-order valence-electron chi connectivity index (χ1n) is 5.94. The molecule has 1 N–H and O–H groups in total. The number of carbonyl (C=O) groups is 1. The van der Waals surface area contributed by atoms with Crippen LogP contribution in [0.15, 0.2) is 18.2 Å². The molecule has 0 amide bonds. The Labute approximate surface area is 98.9 Å². The van der Waals surface area contributed by atoms with Crippen LogP contribution in [0.5, 0.6) is 0 Å². The summed E-state index contributed by atoms with van der Waals surface area (Å²) in [7, 11) is 0. The van der Waals surface area contributed by atoms with Crippen molar-refractivity contribution in [3.63, 3.8) is 0 Å². The van der Waals surface area contributed by atoms with Gasteiger partial charge in [-0.05, 0) is 30.5 Å². The van der Waals surface area contributed by atoms with Gasteiger partial charge in [0.1, 0.15) is 5.82 Å². The van der Waals surface area contributed by atoms with Crippen LogP contribution in [0.4, 0.5) is 0 Å². The number of rotatable bonds is 3. The first kappa shape index (κ1) is 10.3. The van der Waals surface area contributed by atoms with Crippen LogP contribution in [-0.4, -0.2) is 20.6 Å². The molecule has 0 bridgehead atoms. The number of aliphatic carboxylic acids is 1. The number of carboxylic acids is 1. The van der Waals surface area contributed by atoms with E-state index < -0.39 is 5.97 Å². The number of fused-ring (bicyclic) bond motifs is 3. The van der Waals surface area contributed by atoms with Crippen LogP contribution in [0.1, 0.15) is 24.2 Å². The lowest BCUT2D eigenvalue weighted by Crippen LogP contribution is -1.98. The first-order valence-corrected chi connectivity index (χ1v) is 5.94. The lowest BCUT2D eigenvalue weighted by atomic mass is 10.1. The van der Waals surface area contributed by atoms with Gasteiger partial charge in [-0.3, -0.25) is 4.79 Å². The zero-order valence-electron chi connectivity index (χ0n) is 9.52. The molecule has 0 saturated heterocycles. The van der Waals surface area contributed by atoms with Crippen molar-refractivity contribution in [2.24, 2.45) is 0 Å². The molecule has 0 fully saturated rings. The van der Waals surface area contributed by atoms with Crippen LogP contribution in [0.2, 0.25) is 0 Å². The zero-order chi connectivity index (χ0) is 11.8. The lowest BCUT2D eigenvalue weighted by molar-refractivity contribution is -0.136. The van der Waals surface area contributed by atoms with E-state index in [9.17, 15) is 4.79 Å². The summed E-state index contributed by atoms with van der Waals surface area (Å²) in [6.07, 6.45) is 3.00. The molecular formula is C13H14N2O2. The smallest absolute Gasteiger partial charge is 0.303 e. The number of aromatic nitrogens is 2. The van der Waals surface area contributed by atoms with Crippen LogP contribution in [0, 0.1) is 0 Å². The van der Waals surface area contributed by atoms with Crippen LogP contribution < -0.4 is 0 Å². The normalized spacial score (nSPS) is 14.1. The number of carboxylic acid groups (broad SMARTS) is 1. The molecule has 0 spiro atoms. The van der Waals surface area contributed by atoms with Gasteiger partial charge >= 0.3 is 5.97 Å². The minimum absolute atomic E-state index is 0.187. The van der Waals surface area contributed by atoms with Crippen molar-refractivity contribution < 1.29 is 9.90 Å². The van der Waals surface area contributed by atoms with Crippen molar-refractivity contribution >= 4 is 17.0 Å². The van der Waals surface area contributed by atoms with Gasteiger partial charge in [0, 0.05) is 19.4 Å². The molecule has 0 atom stereocenters. The SMILES string of the molecule is O=C(O)CCc1ccc2nc3n(c2c1)CCC3. The maximum atomic E-state index is 10.6. The second-order valence-electron chi connectivity index (χ2n) is 4.50. The van der Waals surface area contributed by atoms with E-state index in [2.05, 4.69) is 15.6 Å². The van der Waals surface area contributed by atoms with Crippen molar-refractivity contribution in [1.29, 1.82) is 0 Å². The third-order valence-corrected chi connectivity index (χ3v) is 3.30. The molecule has 1 aliphatic heterocycles. The topological polar surface area (TPSA) is 55.1 Å². The van der Waals surface area contributed by atoms with Crippen LogP contribution in [0.25, 0.3) is 11.0 Å². The molecule has 4 nitrogen and oxygen atoms in total. The fraction of sp³-hybridized carbons (Fsp3) is 0.385. The van der Waals surface area contributed by atoms with E-state index in [4.69, 9.17) is 5.11 Å². The Bertz CT molecular complexity index is 586. The summed E-state index contributed by atoms with van der Waals surface area (Å²) in [5.41, 5.74) is 3.26. The van der Waals surface area contributed by atoms with E-state index in [1.165, 1.54) is 0 Å². The molecule has 3 rings (SSSR count). The van der Waals surface area contributed by atoms with Gasteiger partial charge in [-0.15, -0.1) is 0 Å². The van der Waals surface area contributed by atoms with Gasteiger partial charge in [0.2, 0.25) is 0 Å². The van der Waals surface area contributed by atoms with E-state index in [-0.39, 0.29) is 6.42 Å². The Morgan fingerprint density at radius 3 is 3.18 bits per heavy atom. The molecule has 0 radical (unpaired) electrons. The maximum Gasteiger partial charge on any atom is 0.303 e. The average molecular weight is 230 g/mol. The fourth-order valence-electron chi connectivity index (χ4n) is 2.46. The fourth-order valence-corrected chi connectivity index (χ4v) is 2.46. The van der Waals surface area contributed by atoms with Gasteiger partial charge in [0.25, 0.3) is 0 Å². The summed E-state index contributed by atoms with van der Waals surface area (Å²) in [5, 5.41) is 8.69. The van der Waals surface area contributed by atoms with Gasteiger partial charge in [-0.1, -0.05) is 6.07 Å². The number of hydrogen-bond acceptors (Lipinski definition) is 2. The summed E-state index contributed by atoms with van der Waals surface area (Å²) >= 11 is 0. The summed E-state index contributed by atoms with van der Waals surface area (Å²) in [6, 6.07) is 6.06. The van der Waals surface area contributed by atoms with Crippen molar-refractivity contribution in [2.45, 2.75) is 32.2 Å². The number of hydrogen-bond donors (Lipinski definition) is 1. The second kappa shape index (κ2) is 3.87. The highest BCUT2D eigenvalue weighted by Crippen LogP contribution is 2.23. The van der Waals surface area contributed by atoms with E-state index in [1.807, 2.05) is 12.1 Å². The van der Waals surface area contributed by atoms with E-state index in [1.54, 1.807) is 0 Å². The summed E-state index contributed by atoms with van der Waals surface area (Å²) in [4.78, 5) is 15.1. The summed E-state index contributed by atoms with van der Waals surface area (Å²) in [5.74, 6) is 0.416. The lowest BCUT2D eigenvalue weighted by Gasteiger charge is -2.02. The predicted octanol–water partition coefficient (Wildman–Crippen LogP) is 2.00. The Morgan fingerprint density at radius 2 is 2.35 bits per heavy atom. The molecule has 1 aromatic heterocycles. The second-order valence-corrected chi connectivity index (χ2v) is 4.50. The van der Waals surface area contributed by atoms with Crippen LogP contribution >= 0.6 is 0 Å². The highest BCUT2D eigenvalue weighted by Gasteiger charge is 2.15. The molecule has 1 aromatic carbocycles. The molecule has 0 aliphatic carbocycles. The molecule has 2 heterocycles. The van der Waals surface area contributed by atoms with Crippen molar-refractivity contribution in [3.8, 4) is 0 Å². The number of imidazole rings is 1. The standard InChI is InChI=1S/C13H14N2O2/c16-13(17)6-4-9-3-5-10-11(8-9)15-7-1-2-12(15)14-10/h3,5,8H,1-2,4,6-7H2,(H,16,17). The Hall–Kier alpha value is -1.84.